The van der Waals surface area contributed by atoms with E-state index in [1.165, 1.54) is 11.8 Å². The van der Waals surface area contributed by atoms with E-state index in [1.54, 1.807) is 12.4 Å². The van der Waals surface area contributed by atoms with Gasteiger partial charge in [0.2, 0.25) is 11.8 Å². The summed E-state index contributed by atoms with van der Waals surface area (Å²) in [5.41, 5.74) is 8.84. The molecule has 2 N–H and O–H groups in total. The first-order valence-corrected chi connectivity index (χ1v) is 10.8. The van der Waals surface area contributed by atoms with Crippen molar-refractivity contribution in [2.45, 2.75) is 0 Å². The molecule has 0 aliphatic heterocycles. The van der Waals surface area contributed by atoms with E-state index in [0.29, 0.717) is 0 Å². The van der Waals surface area contributed by atoms with Crippen LogP contribution >= 0.6 is 11.8 Å². The van der Waals surface area contributed by atoms with Crippen molar-refractivity contribution in [1.82, 2.24) is 10.9 Å². The second-order valence-corrected chi connectivity index (χ2v) is 8.04. The number of rotatable bonds is 10. The zero-order valence-electron chi connectivity index (χ0n) is 18.2. The predicted molar refractivity (Wildman–Crippen MR) is 130 cm³/mol. The van der Waals surface area contributed by atoms with E-state index in [-0.39, 0.29) is 23.3 Å². The van der Waals surface area contributed by atoms with Gasteiger partial charge in [-0.15, -0.1) is 11.8 Å². The molecule has 164 valence electrons. The molecule has 0 saturated carbocycles. The molecule has 9 heteroatoms. The average molecular weight is 441 g/mol. The largest absolute Gasteiger partial charge is 0.378 e. The molecule has 0 aliphatic rings. The highest BCUT2D eigenvalue weighted by Crippen LogP contribution is 2.11. The van der Waals surface area contributed by atoms with Crippen molar-refractivity contribution in [2.24, 2.45) is 10.2 Å². The molecule has 0 heterocycles. The number of thioether (sulfide) groups is 1. The first kappa shape index (κ1) is 23.9. The molecule has 0 unspecified atom stereocenters. The number of hydrazone groups is 2. The number of nitrogens with one attached hydrogen (secondary N) is 2. The quantitative estimate of drug-likeness (QED) is 0.437. The third-order valence-electron chi connectivity index (χ3n) is 4.09. The highest BCUT2D eigenvalue weighted by molar-refractivity contribution is 8.00. The molecule has 0 aromatic heterocycles. The molecule has 0 saturated heterocycles. The summed E-state index contributed by atoms with van der Waals surface area (Å²) in [6.07, 6.45) is 3.16. The lowest BCUT2D eigenvalue weighted by atomic mass is 10.2. The fourth-order valence-corrected chi connectivity index (χ4v) is 2.98. The number of anilines is 2. The Morgan fingerprint density at radius 1 is 0.742 bits per heavy atom. The molecule has 2 aromatic carbocycles. The Bertz CT molecular complexity index is 833. The smallest absolute Gasteiger partial charge is 0.250 e. The number of nitrogens with zero attached hydrogens (tertiary/aromatic N) is 4. The highest BCUT2D eigenvalue weighted by Gasteiger charge is 2.04. The molecule has 2 amide bonds. The lowest BCUT2D eigenvalue weighted by molar-refractivity contribution is -0.118. The molecule has 31 heavy (non-hydrogen) atoms. The van der Waals surface area contributed by atoms with Gasteiger partial charge in [-0.05, 0) is 35.4 Å². The first-order chi connectivity index (χ1) is 14.8. The van der Waals surface area contributed by atoms with Crippen molar-refractivity contribution < 1.29 is 9.59 Å². The average Bonchev–Trinajstić information content (AvgIpc) is 2.74. The number of amides is 2. The Labute approximate surface area is 187 Å². The van der Waals surface area contributed by atoms with Gasteiger partial charge in [-0.25, -0.2) is 10.9 Å². The molecule has 0 atom stereocenters. The van der Waals surface area contributed by atoms with Gasteiger partial charge in [-0.3, -0.25) is 9.59 Å². The van der Waals surface area contributed by atoms with Crippen LogP contribution in [0, 0.1) is 0 Å². The van der Waals surface area contributed by atoms with Crippen LogP contribution < -0.4 is 20.7 Å². The number of carbonyl (C=O) groups is 2. The lowest BCUT2D eigenvalue weighted by Gasteiger charge is -2.11. The number of hydrogen-bond acceptors (Lipinski definition) is 7. The summed E-state index contributed by atoms with van der Waals surface area (Å²) in [5, 5.41) is 7.87. The molecule has 2 rings (SSSR count). The van der Waals surface area contributed by atoms with Gasteiger partial charge >= 0.3 is 0 Å². The van der Waals surface area contributed by atoms with Crippen molar-refractivity contribution in [2.75, 3.05) is 49.5 Å². The third kappa shape index (κ3) is 8.91. The third-order valence-corrected chi connectivity index (χ3v) is 5.02. The first-order valence-electron chi connectivity index (χ1n) is 9.61. The minimum absolute atomic E-state index is 0.125. The molecular weight excluding hydrogens is 412 g/mol. The maximum Gasteiger partial charge on any atom is 0.250 e. The molecular formula is C22H28N6O2S. The molecule has 0 bridgehead atoms. The van der Waals surface area contributed by atoms with Crippen LogP contribution in [-0.2, 0) is 9.59 Å². The van der Waals surface area contributed by atoms with Crippen molar-refractivity contribution in [3.8, 4) is 0 Å². The van der Waals surface area contributed by atoms with Crippen LogP contribution in [0.15, 0.2) is 58.7 Å². The van der Waals surface area contributed by atoms with Crippen LogP contribution in [0.2, 0.25) is 0 Å². The van der Waals surface area contributed by atoms with Crippen molar-refractivity contribution in [3.05, 3.63) is 59.7 Å². The van der Waals surface area contributed by atoms with Crippen LogP contribution in [0.4, 0.5) is 11.4 Å². The standard InChI is InChI=1S/C22H28N6O2S/c1-27(2)19-9-5-17(6-10-19)13-23-25-21(29)15-31-16-22(30)26-24-14-18-7-11-20(12-8-18)28(3)4/h5-14H,15-16H2,1-4H3,(H,25,29)(H,26,30). The number of benzene rings is 2. The predicted octanol–water partition coefficient (Wildman–Crippen LogP) is 2.15. The van der Waals surface area contributed by atoms with Gasteiger partial charge in [0.25, 0.3) is 0 Å². The van der Waals surface area contributed by atoms with E-state index in [0.717, 1.165) is 22.5 Å². The van der Waals surface area contributed by atoms with Crippen LogP contribution in [0.25, 0.3) is 0 Å². The van der Waals surface area contributed by atoms with E-state index in [1.807, 2.05) is 86.5 Å². The normalized spacial score (nSPS) is 11.0. The van der Waals surface area contributed by atoms with Gasteiger partial charge in [-0.1, -0.05) is 24.3 Å². The number of hydrogen-bond donors (Lipinski definition) is 2. The van der Waals surface area contributed by atoms with Gasteiger partial charge in [-0.2, -0.15) is 10.2 Å². The van der Waals surface area contributed by atoms with E-state index in [2.05, 4.69) is 21.1 Å². The molecule has 0 radical (unpaired) electrons. The van der Waals surface area contributed by atoms with Gasteiger partial charge in [0, 0.05) is 39.6 Å². The van der Waals surface area contributed by atoms with E-state index in [4.69, 9.17) is 0 Å². The summed E-state index contributed by atoms with van der Waals surface area (Å²) in [7, 11) is 7.88. The summed E-state index contributed by atoms with van der Waals surface area (Å²) < 4.78 is 0. The topological polar surface area (TPSA) is 89.4 Å². The van der Waals surface area contributed by atoms with Gasteiger partial charge in [0.1, 0.15) is 0 Å². The Hall–Kier alpha value is -3.33. The SMILES string of the molecule is CN(C)c1ccc(C=NNC(=O)CSCC(=O)NN=Cc2ccc(N(C)C)cc2)cc1. The van der Waals surface area contributed by atoms with Gasteiger partial charge in [0.05, 0.1) is 23.9 Å². The minimum Gasteiger partial charge on any atom is -0.378 e. The van der Waals surface area contributed by atoms with Crippen LogP contribution in [0.3, 0.4) is 0 Å². The Kier molecular flexibility index (Phi) is 9.57. The molecule has 8 nitrogen and oxygen atoms in total. The van der Waals surface area contributed by atoms with E-state index >= 15 is 0 Å². The summed E-state index contributed by atoms with van der Waals surface area (Å²) in [4.78, 5) is 27.6. The van der Waals surface area contributed by atoms with E-state index in [9.17, 15) is 9.59 Å². The fraction of sp³-hybridized carbons (Fsp3) is 0.273. The highest BCUT2D eigenvalue weighted by atomic mass is 32.2. The molecule has 0 spiro atoms. The molecule has 0 fully saturated rings. The Morgan fingerprint density at radius 2 is 1.10 bits per heavy atom. The summed E-state index contributed by atoms with van der Waals surface area (Å²) >= 11 is 1.19. The fourth-order valence-electron chi connectivity index (χ4n) is 2.38. The summed E-state index contributed by atoms with van der Waals surface area (Å²) in [5.74, 6) is -0.299. The maximum atomic E-state index is 11.8. The van der Waals surface area contributed by atoms with Gasteiger partial charge < -0.3 is 9.80 Å². The Morgan fingerprint density at radius 3 is 1.42 bits per heavy atom. The second-order valence-electron chi connectivity index (χ2n) is 7.05. The zero-order chi connectivity index (χ0) is 22.6. The number of carbonyl (C=O) groups excluding carboxylic acids is 2. The zero-order valence-corrected chi connectivity index (χ0v) is 19.0. The monoisotopic (exact) mass is 440 g/mol. The van der Waals surface area contributed by atoms with Gasteiger partial charge in [0.15, 0.2) is 0 Å². The molecule has 2 aromatic rings. The van der Waals surface area contributed by atoms with Crippen molar-refractivity contribution in [3.63, 3.8) is 0 Å². The van der Waals surface area contributed by atoms with Crippen molar-refractivity contribution in [1.29, 1.82) is 0 Å². The Balaban J connectivity index is 1.64. The van der Waals surface area contributed by atoms with E-state index < -0.39 is 0 Å². The second kappa shape index (κ2) is 12.4. The summed E-state index contributed by atoms with van der Waals surface area (Å²) in [6.45, 7) is 0. The van der Waals surface area contributed by atoms with Crippen LogP contribution in [0.5, 0.6) is 0 Å². The molecule has 0 aliphatic carbocycles. The van der Waals surface area contributed by atoms with Crippen molar-refractivity contribution >= 4 is 47.4 Å². The maximum absolute atomic E-state index is 11.8. The van der Waals surface area contributed by atoms with Crippen LogP contribution in [-0.4, -0.2) is 63.9 Å². The summed E-state index contributed by atoms with van der Waals surface area (Å²) in [6, 6.07) is 15.6. The lowest BCUT2D eigenvalue weighted by Crippen LogP contribution is -2.23. The van der Waals surface area contributed by atoms with Crippen LogP contribution in [0.1, 0.15) is 11.1 Å². The minimum atomic E-state index is -0.275.